The zero-order chi connectivity index (χ0) is 23.5. The summed E-state index contributed by atoms with van der Waals surface area (Å²) in [5.74, 6) is 1.15. The Morgan fingerprint density at radius 1 is 1.21 bits per heavy atom. The van der Waals surface area contributed by atoms with Gasteiger partial charge < -0.3 is 19.3 Å². The van der Waals surface area contributed by atoms with E-state index < -0.39 is 11.9 Å². The van der Waals surface area contributed by atoms with Crippen molar-refractivity contribution in [2.24, 2.45) is 0 Å². The summed E-state index contributed by atoms with van der Waals surface area (Å²) < 4.78 is 25.6. The SMILES string of the molecule is C=C(N1CC=C(c2cnc(C)c(OC(C)c3c(Cl)ccc(F)c3Cl)c2)CC1)N1CCOCC1. The fourth-order valence-corrected chi connectivity index (χ4v) is 4.84. The molecule has 0 saturated carbocycles. The second kappa shape index (κ2) is 10.3. The van der Waals surface area contributed by atoms with Gasteiger partial charge in [-0.3, -0.25) is 4.98 Å². The van der Waals surface area contributed by atoms with Crippen molar-refractivity contribution in [3.63, 3.8) is 0 Å². The van der Waals surface area contributed by atoms with Crippen LogP contribution in [0.4, 0.5) is 4.39 Å². The van der Waals surface area contributed by atoms with E-state index in [2.05, 4.69) is 27.4 Å². The van der Waals surface area contributed by atoms with Gasteiger partial charge in [0, 0.05) is 43.0 Å². The third-order valence-electron chi connectivity index (χ3n) is 6.15. The molecule has 0 amide bonds. The lowest BCUT2D eigenvalue weighted by Gasteiger charge is -2.38. The maximum absolute atomic E-state index is 14.0. The van der Waals surface area contributed by atoms with Crippen molar-refractivity contribution in [1.29, 1.82) is 0 Å². The molecular weight excluding hydrogens is 464 g/mol. The van der Waals surface area contributed by atoms with Gasteiger partial charge in [-0.25, -0.2) is 4.39 Å². The Balaban J connectivity index is 1.48. The summed E-state index contributed by atoms with van der Waals surface area (Å²) in [7, 11) is 0. The van der Waals surface area contributed by atoms with Crippen LogP contribution in [0, 0.1) is 12.7 Å². The first-order valence-electron chi connectivity index (χ1n) is 11.1. The number of rotatable bonds is 6. The van der Waals surface area contributed by atoms with Gasteiger partial charge in [0.05, 0.1) is 29.8 Å². The number of halogens is 3. The minimum Gasteiger partial charge on any atom is -0.484 e. The first-order chi connectivity index (χ1) is 15.8. The predicted octanol–water partition coefficient (Wildman–Crippen LogP) is 5.87. The minimum absolute atomic E-state index is 0.0210. The van der Waals surface area contributed by atoms with Crippen LogP contribution in [0.5, 0.6) is 5.75 Å². The molecule has 0 spiro atoms. The quantitative estimate of drug-likeness (QED) is 0.472. The maximum Gasteiger partial charge on any atom is 0.142 e. The smallest absolute Gasteiger partial charge is 0.142 e. The summed E-state index contributed by atoms with van der Waals surface area (Å²) >= 11 is 12.4. The van der Waals surface area contributed by atoms with Crippen molar-refractivity contribution < 1.29 is 13.9 Å². The number of benzene rings is 1. The molecule has 2 aliphatic rings. The lowest BCUT2D eigenvalue weighted by molar-refractivity contribution is 0.0390. The molecule has 0 N–H and O–H groups in total. The van der Waals surface area contributed by atoms with Gasteiger partial charge in [-0.15, -0.1) is 0 Å². The van der Waals surface area contributed by atoms with Gasteiger partial charge in [0.1, 0.15) is 17.7 Å². The van der Waals surface area contributed by atoms with E-state index in [0.29, 0.717) is 16.3 Å². The Kier molecular flexibility index (Phi) is 7.47. The summed E-state index contributed by atoms with van der Waals surface area (Å²) in [4.78, 5) is 9.11. The van der Waals surface area contributed by atoms with E-state index in [1.807, 2.05) is 19.2 Å². The van der Waals surface area contributed by atoms with Crippen molar-refractivity contribution in [1.82, 2.24) is 14.8 Å². The third-order valence-corrected chi connectivity index (χ3v) is 6.86. The predicted molar refractivity (Wildman–Crippen MR) is 130 cm³/mol. The van der Waals surface area contributed by atoms with E-state index >= 15 is 0 Å². The molecule has 1 aromatic heterocycles. The van der Waals surface area contributed by atoms with Crippen molar-refractivity contribution in [3.8, 4) is 5.75 Å². The van der Waals surface area contributed by atoms with Crippen molar-refractivity contribution in [2.75, 3.05) is 39.4 Å². The normalized spacial score (nSPS) is 17.5. The molecule has 0 bridgehead atoms. The number of hydrogen-bond acceptors (Lipinski definition) is 5. The Morgan fingerprint density at radius 2 is 1.97 bits per heavy atom. The highest BCUT2D eigenvalue weighted by molar-refractivity contribution is 6.36. The van der Waals surface area contributed by atoms with Gasteiger partial charge >= 0.3 is 0 Å². The highest BCUT2D eigenvalue weighted by Crippen LogP contribution is 2.36. The average Bonchev–Trinajstić information content (AvgIpc) is 2.83. The molecule has 2 aliphatic heterocycles. The molecule has 4 rings (SSSR count). The highest BCUT2D eigenvalue weighted by Gasteiger charge is 2.22. The molecule has 8 heteroatoms. The highest BCUT2D eigenvalue weighted by atomic mass is 35.5. The van der Waals surface area contributed by atoms with Crippen molar-refractivity contribution >= 4 is 28.8 Å². The lowest BCUT2D eigenvalue weighted by atomic mass is 10.0. The Labute approximate surface area is 204 Å². The molecule has 0 aliphatic carbocycles. The molecule has 1 aromatic carbocycles. The Morgan fingerprint density at radius 3 is 2.67 bits per heavy atom. The summed E-state index contributed by atoms with van der Waals surface area (Å²) in [5.41, 5.74) is 3.40. The molecule has 1 saturated heterocycles. The summed E-state index contributed by atoms with van der Waals surface area (Å²) in [6.07, 6.45) is 4.43. The molecule has 3 heterocycles. The Bertz CT molecular complexity index is 1070. The second-order valence-electron chi connectivity index (χ2n) is 8.27. The summed E-state index contributed by atoms with van der Waals surface area (Å²) in [6, 6.07) is 4.72. The van der Waals surface area contributed by atoms with Crippen LogP contribution in [0.15, 0.2) is 42.9 Å². The average molecular weight is 492 g/mol. The van der Waals surface area contributed by atoms with Gasteiger partial charge in [0.2, 0.25) is 0 Å². The molecule has 176 valence electrons. The Hall–Kier alpha value is -2.28. The number of ether oxygens (including phenoxy) is 2. The molecular formula is C25H28Cl2FN3O2. The number of nitrogens with zero attached hydrogens (tertiary/aromatic N) is 3. The van der Waals surface area contributed by atoms with Gasteiger partial charge in [0.25, 0.3) is 0 Å². The second-order valence-corrected chi connectivity index (χ2v) is 9.05. The third kappa shape index (κ3) is 5.29. The molecule has 0 radical (unpaired) electrons. The number of morpholine rings is 1. The van der Waals surface area contributed by atoms with Crippen LogP contribution in [-0.2, 0) is 4.74 Å². The first kappa shape index (κ1) is 23.9. The van der Waals surface area contributed by atoms with Crippen LogP contribution in [0.3, 0.4) is 0 Å². The van der Waals surface area contributed by atoms with Gasteiger partial charge in [-0.05, 0) is 49.6 Å². The monoisotopic (exact) mass is 491 g/mol. The van der Waals surface area contributed by atoms with Crippen LogP contribution in [0.2, 0.25) is 10.0 Å². The lowest BCUT2D eigenvalue weighted by Crippen LogP contribution is -2.42. The van der Waals surface area contributed by atoms with Crippen molar-refractivity contribution in [2.45, 2.75) is 26.4 Å². The number of pyridine rings is 1. The molecule has 1 fully saturated rings. The van der Waals surface area contributed by atoms with Gasteiger partial charge in [-0.2, -0.15) is 0 Å². The van der Waals surface area contributed by atoms with Gasteiger partial charge in [0.15, 0.2) is 0 Å². The van der Waals surface area contributed by atoms with Crippen LogP contribution in [0.1, 0.15) is 36.3 Å². The van der Waals surface area contributed by atoms with Crippen LogP contribution in [0.25, 0.3) is 5.57 Å². The minimum atomic E-state index is -0.538. The van der Waals surface area contributed by atoms with Crippen molar-refractivity contribution in [3.05, 3.63) is 75.6 Å². The fourth-order valence-electron chi connectivity index (χ4n) is 4.16. The number of hydrogen-bond donors (Lipinski definition) is 0. The number of aryl methyl sites for hydroxylation is 1. The van der Waals surface area contributed by atoms with E-state index in [-0.39, 0.29) is 5.02 Å². The van der Waals surface area contributed by atoms with E-state index in [4.69, 9.17) is 32.7 Å². The maximum atomic E-state index is 14.0. The summed E-state index contributed by atoms with van der Waals surface area (Å²) in [5, 5.41) is 0.346. The number of aromatic nitrogens is 1. The topological polar surface area (TPSA) is 37.8 Å². The molecule has 1 atom stereocenters. The van der Waals surface area contributed by atoms with E-state index in [9.17, 15) is 4.39 Å². The van der Waals surface area contributed by atoms with Crippen LogP contribution < -0.4 is 4.74 Å². The summed E-state index contributed by atoms with van der Waals surface area (Å²) in [6.45, 7) is 12.9. The van der Waals surface area contributed by atoms with E-state index in [1.165, 1.54) is 17.7 Å². The largest absolute Gasteiger partial charge is 0.484 e. The molecule has 5 nitrogen and oxygen atoms in total. The molecule has 2 aromatic rings. The fraction of sp³-hybridized carbons (Fsp3) is 0.400. The van der Waals surface area contributed by atoms with E-state index in [0.717, 1.165) is 62.9 Å². The molecule has 33 heavy (non-hydrogen) atoms. The molecule has 1 unspecified atom stereocenters. The van der Waals surface area contributed by atoms with Crippen LogP contribution >= 0.6 is 23.2 Å². The van der Waals surface area contributed by atoms with E-state index in [1.54, 1.807) is 6.92 Å². The zero-order valence-electron chi connectivity index (χ0n) is 18.9. The first-order valence-corrected chi connectivity index (χ1v) is 11.8. The van der Waals surface area contributed by atoms with Gasteiger partial charge in [-0.1, -0.05) is 35.9 Å². The van der Waals surface area contributed by atoms with Crippen LogP contribution in [-0.4, -0.2) is 54.2 Å². The standard InChI is InChI=1S/C25H28Cl2FN3O2/c1-16-23(33-17(2)24-21(26)4-5-22(28)25(24)27)14-20(15-29-16)19-6-8-30(9-7-19)18(3)31-10-12-32-13-11-31/h4-6,14-15,17H,3,7-13H2,1-2H3. The zero-order valence-corrected chi connectivity index (χ0v) is 20.4.